The zero-order valence-corrected chi connectivity index (χ0v) is 14.6. The van der Waals surface area contributed by atoms with Crippen LogP contribution in [0.5, 0.6) is 5.75 Å². The highest BCUT2D eigenvalue weighted by Gasteiger charge is 2.15. The van der Waals surface area contributed by atoms with Gasteiger partial charge >= 0.3 is 0 Å². The van der Waals surface area contributed by atoms with Gasteiger partial charge in [-0.3, -0.25) is 9.78 Å². The minimum Gasteiger partial charge on any atom is -0.490 e. The summed E-state index contributed by atoms with van der Waals surface area (Å²) in [5, 5.41) is 0. The number of benzene rings is 1. The van der Waals surface area contributed by atoms with Gasteiger partial charge in [-0.25, -0.2) is 0 Å². The Bertz CT molecular complexity index is 755. The van der Waals surface area contributed by atoms with E-state index < -0.39 is 5.91 Å². The molecule has 1 aromatic heterocycles. The van der Waals surface area contributed by atoms with Gasteiger partial charge in [-0.05, 0) is 37.6 Å². The number of carbonyl (C=O) groups excluding carboxylic acids is 1. The predicted molar refractivity (Wildman–Crippen MR) is 97.0 cm³/mol. The maximum Gasteiger partial charge on any atom is 0.252 e. The molecule has 2 heterocycles. The van der Waals surface area contributed by atoms with Crippen LogP contribution in [0.1, 0.15) is 24.2 Å². The molecule has 1 aliphatic rings. The van der Waals surface area contributed by atoms with Crippen molar-refractivity contribution in [3.05, 3.63) is 42.2 Å². The molecule has 1 aliphatic heterocycles. The Morgan fingerprint density at radius 3 is 2.64 bits per heavy atom. The van der Waals surface area contributed by atoms with E-state index in [2.05, 4.69) is 16.0 Å². The second kappa shape index (κ2) is 7.53. The van der Waals surface area contributed by atoms with Gasteiger partial charge in [-0.1, -0.05) is 6.07 Å². The van der Waals surface area contributed by atoms with Crippen molar-refractivity contribution >= 4 is 11.6 Å². The number of morpholine rings is 1. The first-order chi connectivity index (χ1) is 12.0. The van der Waals surface area contributed by atoms with E-state index in [0.29, 0.717) is 11.3 Å². The minimum atomic E-state index is -0.498. The van der Waals surface area contributed by atoms with Crippen molar-refractivity contribution in [2.24, 2.45) is 5.73 Å². The summed E-state index contributed by atoms with van der Waals surface area (Å²) in [5.74, 6) is -0.000770. The molecule has 0 radical (unpaired) electrons. The first-order valence-corrected chi connectivity index (χ1v) is 8.43. The van der Waals surface area contributed by atoms with Crippen molar-refractivity contribution in [3.8, 4) is 16.9 Å². The van der Waals surface area contributed by atoms with Crippen LogP contribution in [-0.4, -0.2) is 43.3 Å². The highest BCUT2D eigenvalue weighted by molar-refractivity contribution is 5.96. The summed E-state index contributed by atoms with van der Waals surface area (Å²) in [7, 11) is 0. The van der Waals surface area contributed by atoms with Crippen LogP contribution in [0.15, 0.2) is 36.7 Å². The number of rotatable bonds is 5. The van der Waals surface area contributed by atoms with Crippen molar-refractivity contribution in [2.45, 2.75) is 20.0 Å². The number of carbonyl (C=O) groups is 1. The van der Waals surface area contributed by atoms with E-state index in [-0.39, 0.29) is 6.10 Å². The molecule has 0 bridgehead atoms. The van der Waals surface area contributed by atoms with Gasteiger partial charge in [0.05, 0.1) is 36.8 Å². The fourth-order valence-electron chi connectivity index (χ4n) is 2.84. The lowest BCUT2D eigenvalue weighted by Gasteiger charge is -2.28. The Morgan fingerprint density at radius 1 is 1.20 bits per heavy atom. The molecule has 6 nitrogen and oxygen atoms in total. The molecule has 0 atom stereocenters. The van der Waals surface area contributed by atoms with Crippen LogP contribution < -0.4 is 15.4 Å². The third-order valence-corrected chi connectivity index (χ3v) is 4.04. The Labute approximate surface area is 147 Å². The SMILES string of the molecule is CC(C)Oc1cc(-c2cncc(N3CCOCC3)c2)ccc1C(N)=O. The van der Waals surface area contributed by atoms with Gasteiger partial charge in [0.1, 0.15) is 5.75 Å². The molecule has 2 aromatic rings. The van der Waals surface area contributed by atoms with Crippen LogP contribution in [0.2, 0.25) is 0 Å². The third-order valence-electron chi connectivity index (χ3n) is 4.04. The average Bonchev–Trinajstić information content (AvgIpc) is 2.62. The van der Waals surface area contributed by atoms with Gasteiger partial charge < -0.3 is 20.1 Å². The lowest BCUT2D eigenvalue weighted by molar-refractivity contribution is 0.0994. The molecule has 25 heavy (non-hydrogen) atoms. The van der Waals surface area contributed by atoms with Gasteiger partial charge in [0.15, 0.2) is 0 Å². The number of anilines is 1. The van der Waals surface area contributed by atoms with Crippen molar-refractivity contribution in [2.75, 3.05) is 31.2 Å². The maximum absolute atomic E-state index is 11.6. The Kier molecular flexibility index (Phi) is 5.19. The second-order valence-electron chi connectivity index (χ2n) is 6.27. The van der Waals surface area contributed by atoms with E-state index >= 15 is 0 Å². The Morgan fingerprint density at radius 2 is 1.96 bits per heavy atom. The number of hydrogen-bond acceptors (Lipinski definition) is 5. The number of primary amides is 1. The van der Waals surface area contributed by atoms with Gasteiger partial charge in [-0.2, -0.15) is 0 Å². The highest BCUT2D eigenvalue weighted by atomic mass is 16.5. The van der Waals surface area contributed by atoms with Gasteiger partial charge in [0.2, 0.25) is 0 Å². The quantitative estimate of drug-likeness (QED) is 0.904. The molecular weight excluding hydrogens is 318 g/mol. The lowest BCUT2D eigenvalue weighted by atomic mass is 10.0. The molecule has 132 valence electrons. The number of aromatic nitrogens is 1. The van der Waals surface area contributed by atoms with E-state index in [1.165, 1.54) is 0 Å². The van der Waals surface area contributed by atoms with E-state index in [0.717, 1.165) is 43.1 Å². The molecule has 0 unspecified atom stereocenters. The molecule has 1 fully saturated rings. The Hall–Kier alpha value is -2.60. The lowest BCUT2D eigenvalue weighted by Crippen LogP contribution is -2.36. The molecule has 0 spiro atoms. The molecule has 3 rings (SSSR count). The van der Waals surface area contributed by atoms with Crippen molar-refractivity contribution in [1.29, 1.82) is 0 Å². The number of amides is 1. The number of pyridine rings is 1. The fourth-order valence-corrected chi connectivity index (χ4v) is 2.84. The van der Waals surface area contributed by atoms with Crippen LogP contribution in [0, 0.1) is 0 Å². The molecule has 1 aromatic carbocycles. The molecule has 0 aliphatic carbocycles. The average molecular weight is 341 g/mol. The molecular formula is C19H23N3O3. The zero-order chi connectivity index (χ0) is 17.8. The number of ether oxygens (including phenoxy) is 2. The summed E-state index contributed by atoms with van der Waals surface area (Å²) in [4.78, 5) is 18.2. The van der Waals surface area contributed by atoms with Crippen molar-refractivity contribution in [3.63, 3.8) is 0 Å². The number of hydrogen-bond donors (Lipinski definition) is 1. The summed E-state index contributed by atoms with van der Waals surface area (Å²) in [6, 6.07) is 7.52. The molecule has 2 N–H and O–H groups in total. The number of nitrogens with zero attached hydrogens (tertiary/aromatic N) is 2. The molecule has 6 heteroatoms. The van der Waals surface area contributed by atoms with E-state index in [1.807, 2.05) is 38.4 Å². The highest BCUT2D eigenvalue weighted by Crippen LogP contribution is 2.30. The van der Waals surface area contributed by atoms with Gasteiger partial charge in [0.25, 0.3) is 5.91 Å². The van der Waals surface area contributed by atoms with Crippen LogP contribution in [0.25, 0.3) is 11.1 Å². The zero-order valence-electron chi connectivity index (χ0n) is 14.6. The molecule has 1 saturated heterocycles. The van der Waals surface area contributed by atoms with Gasteiger partial charge in [0, 0.05) is 24.8 Å². The predicted octanol–water partition coefficient (Wildman–Crippen LogP) is 2.47. The van der Waals surface area contributed by atoms with E-state index in [4.69, 9.17) is 15.2 Å². The van der Waals surface area contributed by atoms with Crippen molar-refractivity contribution in [1.82, 2.24) is 4.98 Å². The first kappa shape index (κ1) is 17.2. The van der Waals surface area contributed by atoms with Crippen LogP contribution in [0.3, 0.4) is 0 Å². The smallest absolute Gasteiger partial charge is 0.252 e. The summed E-state index contributed by atoms with van der Waals surface area (Å²) in [6.07, 6.45) is 3.62. The minimum absolute atomic E-state index is 0.0499. The normalized spacial score (nSPS) is 14.6. The van der Waals surface area contributed by atoms with Gasteiger partial charge in [-0.15, -0.1) is 0 Å². The summed E-state index contributed by atoms with van der Waals surface area (Å²) >= 11 is 0. The summed E-state index contributed by atoms with van der Waals surface area (Å²) < 4.78 is 11.2. The van der Waals surface area contributed by atoms with Crippen LogP contribution in [-0.2, 0) is 4.74 Å². The van der Waals surface area contributed by atoms with Crippen molar-refractivity contribution < 1.29 is 14.3 Å². The van der Waals surface area contributed by atoms with Crippen LogP contribution in [0.4, 0.5) is 5.69 Å². The monoisotopic (exact) mass is 341 g/mol. The number of nitrogens with two attached hydrogens (primary N) is 1. The Balaban J connectivity index is 1.94. The van der Waals surface area contributed by atoms with Crippen LogP contribution >= 0.6 is 0 Å². The van der Waals surface area contributed by atoms with E-state index in [9.17, 15) is 4.79 Å². The maximum atomic E-state index is 11.6. The third kappa shape index (κ3) is 4.09. The first-order valence-electron chi connectivity index (χ1n) is 8.43. The summed E-state index contributed by atoms with van der Waals surface area (Å²) in [5.41, 5.74) is 8.80. The molecule has 1 amide bonds. The topological polar surface area (TPSA) is 77.7 Å². The summed E-state index contributed by atoms with van der Waals surface area (Å²) in [6.45, 7) is 6.99. The van der Waals surface area contributed by atoms with E-state index in [1.54, 1.807) is 6.07 Å². The fraction of sp³-hybridized carbons (Fsp3) is 0.368. The largest absolute Gasteiger partial charge is 0.490 e. The second-order valence-corrected chi connectivity index (χ2v) is 6.27. The molecule has 0 saturated carbocycles. The standard InChI is InChI=1S/C19H23N3O3/c1-13(2)25-18-10-14(3-4-17(18)19(20)23)15-9-16(12-21-11-15)22-5-7-24-8-6-22/h3-4,9-13H,5-8H2,1-2H3,(H2,20,23).